The average Bonchev–Trinajstić information content (AvgIpc) is 1.44. The summed E-state index contributed by atoms with van der Waals surface area (Å²) in [7, 11) is 0. The van der Waals surface area contributed by atoms with Gasteiger partial charge in [-0.2, -0.15) is 15.8 Å². The zero-order valence-electron chi connectivity index (χ0n) is 79.0. The van der Waals surface area contributed by atoms with Gasteiger partial charge >= 0.3 is 0 Å². The largest absolute Gasteiger partial charge is 0.310 e. The lowest BCUT2D eigenvalue weighted by Gasteiger charge is -2.22. The van der Waals surface area contributed by atoms with Crippen molar-refractivity contribution in [2.45, 2.75) is 0 Å². The van der Waals surface area contributed by atoms with E-state index in [4.69, 9.17) is 49.6 Å². The molecule has 0 aliphatic rings. The monoisotopic (exact) mass is 1880 g/mol. The molecule has 20 aromatic carbocycles. The molecule has 16 heteroatoms. The predicted octanol–water partition coefficient (Wildman–Crippen LogP) is 33.4. The zero-order valence-corrected chi connectivity index (χ0v) is 79.0. The van der Waals surface area contributed by atoms with Crippen molar-refractivity contribution in [2.75, 3.05) is 0 Å². The van der Waals surface area contributed by atoms with Crippen LogP contribution in [0.5, 0.6) is 0 Å². The van der Waals surface area contributed by atoms with Crippen molar-refractivity contribution in [1.29, 1.82) is 15.8 Å². The Hall–Kier alpha value is -21.4. The molecule has 0 radical (unpaired) electrons. The molecule has 0 fully saturated rings. The Morgan fingerprint density at radius 1 is 0.189 bits per heavy atom. The summed E-state index contributed by atoms with van der Waals surface area (Å²) in [6.07, 6.45) is 0. The summed E-state index contributed by atoms with van der Waals surface area (Å²) in [6, 6.07) is 162. The van der Waals surface area contributed by atoms with E-state index in [0.29, 0.717) is 79.8 Å². The summed E-state index contributed by atoms with van der Waals surface area (Å²) in [5.74, 6) is 3.05. The first kappa shape index (κ1) is 88.0. The van der Waals surface area contributed by atoms with Crippen LogP contribution in [0.2, 0.25) is 0 Å². The minimum atomic E-state index is 0.440. The Labute approximate surface area is 850 Å². The minimum Gasteiger partial charge on any atom is -0.310 e. The lowest BCUT2D eigenvalue weighted by molar-refractivity contribution is 1.07. The molecule has 16 nitrogen and oxygen atoms in total. The van der Waals surface area contributed by atoms with Crippen LogP contribution in [-0.2, 0) is 0 Å². The van der Waals surface area contributed by atoms with Crippen LogP contribution in [0.4, 0.5) is 17.1 Å². The van der Waals surface area contributed by atoms with E-state index in [0.717, 1.165) is 199 Å². The summed E-state index contributed by atoms with van der Waals surface area (Å²) in [4.78, 5) is 43.0. The van der Waals surface area contributed by atoms with Crippen LogP contribution >= 0.6 is 0 Å². The molecule has 0 atom stereocenters. The molecule has 148 heavy (non-hydrogen) atoms. The fourth-order valence-corrected chi connectivity index (χ4v) is 21.1. The molecule has 0 bridgehead atoms. The highest BCUT2D eigenvalue weighted by Crippen LogP contribution is 2.51. The third-order valence-electron chi connectivity index (χ3n) is 27.7. The molecule has 26 aromatic rings. The quantitative estimate of drug-likeness (QED) is 0.0850. The van der Waals surface area contributed by atoms with E-state index in [9.17, 15) is 15.8 Å². The van der Waals surface area contributed by atoms with Gasteiger partial charge in [-0.25, -0.2) is 44.4 Å². The standard InChI is InChI=1S/2C66H38N8/c1-68-50-23-14-22-46(37-50)48-31-33-59-53(39-48)51-24-9-11-27-57(51)73(59)61-35-32-49(66-71-64(43-17-5-3-6-18-43)70-65(72-66)44-19-7-4-8-20-44)40-55(61)63-56(69-2)26-15-29-62(63)74-58-28-12-10-25-52(58)54-38-47(30-34-60(54)74)45-21-13-16-42(36-45)41-67;1-69-55-29-13-10-25-49(55)45-35-37-58-54(39-45)51-27-11-14-30-56(51)73(58)60-32-16-23-47(41-68)62(60)63-52(66-71-64(42-18-4-2-5-19-42)70-65(72-66)43-20-6-3-7-21-43)28-17-33-61(63)74-57-31-15-12-26-50(57)53-38-44(34-36-59(53)74)48-24-9-8-22-46(48)40-67/h3-40H;2-39H. The highest BCUT2D eigenvalue weighted by atomic mass is 15.1. The number of nitriles is 3. The van der Waals surface area contributed by atoms with Crippen molar-refractivity contribution >= 4 is 104 Å². The van der Waals surface area contributed by atoms with Crippen LogP contribution in [0.3, 0.4) is 0 Å². The Kier molecular flexibility index (Phi) is 22.2. The van der Waals surface area contributed by atoms with Gasteiger partial charge in [0.05, 0.1) is 116 Å². The number of benzene rings is 20. The van der Waals surface area contributed by atoms with Crippen molar-refractivity contribution in [3.05, 3.63) is 512 Å². The normalized spacial score (nSPS) is 11.2. The molecule has 0 unspecified atom stereocenters. The smallest absolute Gasteiger partial charge is 0.197 e. The van der Waals surface area contributed by atoms with Gasteiger partial charge in [0.1, 0.15) is 0 Å². The maximum Gasteiger partial charge on any atom is 0.197 e. The second-order valence-electron chi connectivity index (χ2n) is 36.1. The van der Waals surface area contributed by atoms with Gasteiger partial charge in [0, 0.05) is 98.8 Å². The zero-order chi connectivity index (χ0) is 99.4. The van der Waals surface area contributed by atoms with Crippen molar-refractivity contribution in [3.8, 4) is 176 Å². The van der Waals surface area contributed by atoms with E-state index in [2.05, 4.69) is 245 Å². The minimum absolute atomic E-state index is 0.440. The van der Waals surface area contributed by atoms with Crippen molar-refractivity contribution in [2.24, 2.45) is 0 Å². The third kappa shape index (κ3) is 15.4. The number of rotatable bonds is 16. The maximum absolute atomic E-state index is 11.5. The Balaban J connectivity index is 0.000000154. The van der Waals surface area contributed by atoms with Gasteiger partial charge in [-0.1, -0.05) is 322 Å². The summed E-state index contributed by atoms with van der Waals surface area (Å²) in [6.45, 7) is 24.6. The summed E-state index contributed by atoms with van der Waals surface area (Å²) in [5.41, 5.74) is 29.7. The predicted molar refractivity (Wildman–Crippen MR) is 595 cm³/mol. The fraction of sp³-hybridized carbons (Fsp3) is 0. The molecule has 0 spiro atoms. The highest BCUT2D eigenvalue weighted by molar-refractivity contribution is 6.17. The number of nitrogens with zero attached hydrogens (tertiary/aromatic N) is 16. The molecule has 6 heterocycles. The molecular weight excluding hydrogens is 1810 g/mol. The second-order valence-corrected chi connectivity index (χ2v) is 36.1. The summed E-state index contributed by atoms with van der Waals surface area (Å²) >= 11 is 0. The Morgan fingerprint density at radius 2 is 0.520 bits per heavy atom. The lowest BCUT2D eigenvalue weighted by Crippen LogP contribution is -2.07. The molecular formula is C132H76N16. The van der Waals surface area contributed by atoms with Crippen molar-refractivity contribution in [1.82, 2.24) is 48.2 Å². The SMILES string of the molecule is [C-]#[N+]c1cccc(-c2ccc3c(c2)c2ccccc2n3-c2ccc(-c3nc(-c4ccccc4)nc(-c4ccccc4)n3)cc2-c2c([N+]#[C-])cccc2-n2c3ccccc3c3cc(-c4cccc(C#N)c4)ccc32)c1.[C-]#[N+]c1ccccc1-c1ccc2c(c1)c1ccccc1n2-c1cccc(C#N)c1-c1c(-c2nc(-c3ccccc3)nc(-c3ccccc3)n2)cccc1-n1c2ccccc2c2cc(-c3ccccc3C#N)ccc21. The van der Waals surface area contributed by atoms with Gasteiger partial charge < -0.3 is 18.3 Å². The Morgan fingerprint density at radius 3 is 1.00 bits per heavy atom. The molecule has 684 valence electrons. The molecule has 0 saturated carbocycles. The average molecular weight is 1890 g/mol. The van der Waals surface area contributed by atoms with Crippen LogP contribution in [-0.4, -0.2) is 48.2 Å². The number of para-hydroxylation sites is 5. The molecule has 0 amide bonds. The highest BCUT2D eigenvalue weighted by Gasteiger charge is 2.31. The van der Waals surface area contributed by atoms with Crippen LogP contribution in [0, 0.1) is 53.7 Å². The van der Waals surface area contributed by atoms with Gasteiger partial charge in [0.15, 0.2) is 52.0 Å². The molecule has 0 saturated heterocycles. The molecule has 0 N–H and O–H groups in total. The molecule has 0 aliphatic carbocycles. The van der Waals surface area contributed by atoms with E-state index in [1.807, 2.05) is 267 Å². The van der Waals surface area contributed by atoms with E-state index in [1.54, 1.807) is 0 Å². The fourth-order valence-electron chi connectivity index (χ4n) is 21.1. The van der Waals surface area contributed by atoms with Gasteiger partial charge in [0.25, 0.3) is 0 Å². The summed E-state index contributed by atoms with van der Waals surface area (Å²) < 4.78 is 9.13. The van der Waals surface area contributed by atoms with E-state index in [1.165, 1.54) is 0 Å². The van der Waals surface area contributed by atoms with Crippen molar-refractivity contribution < 1.29 is 0 Å². The Bertz CT molecular complexity index is 10100. The first-order chi connectivity index (χ1) is 73.1. The van der Waals surface area contributed by atoms with Gasteiger partial charge in [-0.05, 0) is 190 Å². The topological polar surface area (TPSA) is 182 Å². The number of fused-ring (bicyclic) bond motifs is 12. The molecule has 6 aromatic heterocycles. The van der Waals surface area contributed by atoms with Crippen LogP contribution < -0.4 is 0 Å². The van der Waals surface area contributed by atoms with Crippen LogP contribution in [0.25, 0.3) is 260 Å². The van der Waals surface area contributed by atoms with E-state index >= 15 is 0 Å². The second kappa shape index (κ2) is 37.3. The van der Waals surface area contributed by atoms with E-state index < -0.39 is 0 Å². The molecule has 0 aliphatic heterocycles. The van der Waals surface area contributed by atoms with E-state index in [-0.39, 0.29) is 0 Å². The third-order valence-corrected chi connectivity index (χ3v) is 27.7. The van der Waals surface area contributed by atoms with Crippen LogP contribution in [0.15, 0.2) is 461 Å². The number of hydrogen-bond donors (Lipinski definition) is 0. The van der Waals surface area contributed by atoms with Gasteiger partial charge in [-0.3, -0.25) is 0 Å². The number of aromatic nitrogens is 10. The van der Waals surface area contributed by atoms with Gasteiger partial charge in [0.2, 0.25) is 0 Å². The van der Waals surface area contributed by atoms with Crippen molar-refractivity contribution in [3.63, 3.8) is 0 Å². The van der Waals surface area contributed by atoms with Crippen LogP contribution in [0.1, 0.15) is 16.7 Å². The maximum atomic E-state index is 11.5. The first-order valence-electron chi connectivity index (χ1n) is 48.3. The lowest BCUT2D eigenvalue weighted by atomic mass is 9.91. The molecule has 26 rings (SSSR count). The summed E-state index contributed by atoms with van der Waals surface area (Å²) in [5, 5.41) is 39.7. The first-order valence-corrected chi connectivity index (χ1v) is 48.3. The number of hydrogen-bond acceptors (Lipinski definition) is 9. The van der Waals surface area contributed by atoms with Gasteiger partial charge in [-0.15, -0.1) is 0 Å².